The van der Waals surface area contributed by atoms with Crippen molar-refractivity contribution in [1.82, 2.24) is 4.98 Å². The first-order valence-electron chi connectivity index (χ1n) is 5.25. The summed E-state index contributed by atoms with van der Waals surface area (Å²) in [5.74, 6) is 0.504. The molecular weight excluding hydrogens is 234 g/mol. The molecule has 0 aliphatic heterocycles. The number of hydrogen-bond acceptors (Lipinski definition) is 4. The van der Waals surface area contributed by atoms with Gasteiger partial charge >= 0.3 is 0 Å². The lowest BCUT2D eigenvalue weighted by atomic mass is 10.3. The zero-order valence-electron chi connectivity index (χ0n) is 9.22. The number of carbonyl (C=O) groups is 1. The smallest absolute Gasteiger partial charge is 0.230 e. The fourth-order valence-electron chi connectivity index (χ4n) is 1.38. The summed E-state index contributed by atoms with van der Waals surface area (Å²) in [5, 5.41) is 4.70. The van der Waals surface area contributed by atoms with Crippen LogP contribution in [0.1, 0.15) is 10.4 Å². The third-order valence-corrected chi connectivity index (χ3v) is 3.12. The standard InChI is InChI=1S/C12H13N3OS/c13-7-9-3-4-11(14-8-9)15-12(16)6-10-2-1-5-17-10/h1-5,8H,6-7,13H2,(H,14,15,16). The quantitative estimate of drug-likeness (QED) is 0.865. The Kier molecular flexibility index (Phi) is 3.85. The lowest BCUT2D eigenvalue weighted by molar-refractivity contribution is -0.115. The molecular formula is C12H13N3OS. The fourth-order valence-corrected chi connectivity index (χ4v) is 2.08. The van der Waals surface area contributed by atoms with Crippen molar-refractivity contribution in [3.63, 3.8) is 0 Å². The van der Waals surface area contributed by atoms with Crippen LogP contribution in [0.25, 0.3) is 0 Å². The maximum Gasteiger partial charge on any atom is 0.230 e. The van der Waals surface area contributed by atoms with Gasteiger partial charge in [0.15, 0.2) is 0 Å². The van der Waals surface area contributed by atoms with Crippen molar-refractivity contribution in [3.8, 4) is 0 Å². The van der Waals surface area contributed by atoms with E-state index in [1.165, 1.54) is 0 Å². The largest absolute Gasteiger partial charge is 0.326 e. The summed E-state index contributed by atoms with van der Waals surface area (Å²) in [6, 6.07) is 7.49. The molecule has 0 aromatic carbocycles. The van der Waals surface area contributed by atoms with E-state index in [1.807, 2.05) is 23.6 Å². The molecule has 0 bridgehead atoms. The van der Waals surface area contributed by atoms with Crippen molar-refractivity contribution in [2.45, 2.75) is 13.0 Å². The van der Waals surface area contributed by atoms with Crippen LogP contribution in [0.15, 0.2) is 35.8 Å². The molecule has 3 N–H and O–H groups in total. The molecule has 1 amide bonds. The van der Waals surface area contributed by atoms with Crippen molar-refractivity contribution in [1.29, 1.82) is 0 Å². The van der Waals surface area contributed by atoms with Crippen LogP contribution in [-0.2, 0) is 17.8 Å². The van der Waals surface area contributed by atoms with E-state index < -0.39 is 0 Å². The van der Waals surface area contributed by atoms with Crippen LogP contribution in [-0.4, -0.2) is 10.9 Å². The van der Waals surface area contributed by atoms with Crippen molar-refractivity contribution in [2.75, 3.05) is 5.32 Å². The van der Waals surface area contributed by atoms with Gasteiger partial charge in [-0.05, 0) is 23.1 Å². The SMILES string of the molecule is NCc1ccc(NC(=O)Cc2cccs2)nc1. The number of nitrogens with zero attached hydrogens (tertiary/aromatic N) is 1. The molecule has 4 nitrogen and oxygen atoms in total. The van der Waals surface area contributed by atoms with Gasteiger partial charge in [0.05, 0.1) is 6.42 Å². The number of amides is 1. The summed E-state index contributed by atoms with van der Waals surface area (Å²) in [5.41, 5.74) is 6.41. The molecule has 5 heteroatoms. The van der Waals surface area contributed by atoms with Crippen LogP contribution in [0.3, 0.4) is 0 Å². The molecule has 2 aromatic heterocycles. The van der Waals surface area contributed by atoms with E-state index in [0.29, 0.717) is 18.8 Å². The lowest BCUT2D eigenvalue weighted by Crippen LogP contribution is -2.14. The minimum atomic E-state index is -0.0551. The average molecular weight is 247 g/mol. The van der Waals surface area contributed by atoms with Crippen molar-refractivity contribution >= 4 is 23.1 Å². The Balaban J connectivity index is 1.93. The number of carbonyl (C=O) groups excluding carboxylic acids is 1. The molecule has 17 heavy (non-hydrogen) atoms. The maximum absolute atomic E-state index is 11.7. The minimum absolute atomic E-state index is 0.0551. The summed E-state index contributed by atoms with van der Waals surface area (Å²) < 4.78 is 0. The molecule has 88 valence electrons. The van der Waals surface area contributed by atoms with Crippen LogP contribution >= 0.6 is 11.3 Å². The molecule has 0 aliphatic carbocycles. The first-order valence-corrected chi connectivity index (χ1v) is 6.13. The van der Waals surface area contributed by atoms with Crippen LogP contribution in [0, 0.1) is 0 Å². The van der Waals surface area contributed by atoms with Crippen LogP contribution in [0.2, 0.25) is 0 Å². The molecule has 2 heterocycles. The molecule has 0 aliphatic rings. The predicted octanol–water partition coefficient (Wildman–Crippen LogP) is 1.78. The number of nitrogens with one attached hydrogen (secondary N) is 1. The molecule has 2 rings (SSSR count). The average Bonchev–Trinajstić information content (AvgIpc) is 2.82. The highest BCUT2D eigenvalue weighted by Crippen LogP contribution is 2.10. The van der Waals surface area contributed by atoms with Gasteiger partial charge in [-0.3, -0.25) is 4.79 Å². The van der Waals surface area contributed by atoms with E-state index in [4.69, 9.17) is 5.73 Å². The molecule has 0 fully saturated rings. The topological polar surface area (TPSA) is 68.0 Å². The molecule has 0 saturated carbocycles. The first kappa shape index (κ1) is 11.8. The molecule has 2 aromatic rings. The van der Waals surface area contributed by atoms with Crippen molar-refractivity contribution < 1.29 is 4.79 Å². The number of aromatic nitrogens is 1. The Bertz CT molecular complexity index is 479. The van der Waals surface area contributed by atoms with E-state index in [0.717, 1.165) is 10.4 Å². The highest BCUT2D eigenvalue weighted by atomic mass is 32.1. The van der Waals surface area contributed by atoms with Crippen molar-refractivity contribution in [3.05, 3.63) is 46.3 Å². The normalized spacial score (nSPS) is 10.2. The second kappa shape index (κ2) is 5.56. The third-order valence-electron chi connectivity index (χ3n) is 2.24. The predicted molar refractivity (Wildman–Crippen MR) is 68.8 cm³/mol. The zero-order chi connectivity index (χ0) is 12.1. The third kappa shape index (κ3) is 3.37. The molecule has 0 unspecified atom stereocenters. The van der Waals surface area contributed by atoms with Crippen LogP contribution in [0.5, 0.6) is 0 Å². The van der Waals surface area contributed by atoms with Crippen LogP contribution < -0.4 is 11.1 Å². The molecule has 0 saturated heterocycles. The van der Waals surface area contributed by atoms with Gasteiger partial charge in [0.1, 0.15) is 5.82 Å². The summed E-state index contributed by atoms with van der Waals surface area (Å²) in [6.45, 7) is 0.455. The van der Waals surface area contributed by atoms with Gasteiger partial charge in [-0.1, -0.05) is 12.1 Å². The Hall–Kier alpha value is -1.72. The summed E-state index contributed by atoms with van der Waals surface area (Å²) in [6.07, 6.45) is 2.05. The fraction of sp³-hybridized carbons (Fsp3) is 0.167. The van der Waals surface area contributed by atoms with Gasteiger partial charge in [0.25, 0.3) is 0 Å². The number of hydrogen-bond donors (Lipinski definition) is 2. The van der Waals surface area contributed by atoms with Gasteiger partial charge in [0, 0.05) is 17.6 Å². The number of nitrogens with two attached hydrogens (primary N) is 1. The highest BCUT2D eigenvalue weighted by molar-refractivity contribution is 7.10. The lowest BCUT2D eigenvalue weighted by Gasteiger charge is -2.03. The minimum Gasteiger partial charge on any atom is -0.326 e. The monoisotopic (exact) mass is 247 g/mol. The molecule has 0 atom stereocenters. The Morgan fingerprint density at radius 2 is 2.29 bits per heavy atom. The Morgan fingerprint density at radius 1 is 1.41 bits per heavy atom. The van der Waals surface area contributed by atoms with Gasteiger partial charge in [-0.25, -0.2) is 4.98 Å². The van der Waals surface area contributed by atoms with Crippen LogP contribution in [0.4, 0.5) is 5.82 Å². The van der Waals surface area contributed by atoms with Gasteiger partial charge in [-0.2, -0.15) is 0 Å². The van der Waals surface area contributed by atoms with Gasteiger partial charge < -0.3 is 11.1 Å². The first-order chi connectivity index (χ1) is 8.28. The van der Waals surface area contributed by atoms with Gasteiger partial charge in [-0.15, -0.1) is 11.3 Å². The second-order valence-corrected chi connectivity index (χ2v) is 4.59. The number of thiophene rings is 1. The summed E-state index contributed by atoms with van der Waals surface area (Å²) in [4.78, 5) is 16.8. The maximum atomic E-state index is 11.7. The van der Waals surface area contributed by atoms with E-state index >= 15 is 0 Å². The van der Waals surface area contributed by atoms with Gasteiger partial charge in [0.2, 0.25) is 5.91 Å². The number of rotatable bonds is 4. The zero-order valence-corrected chi connectivity index (χ0v) is 10.0. The Labute approximate surface area is 103 Å². The molecule has 0 spiro atoms. The van der Waals surface area contributed by atoms with E-state index in [-0.39, 0.29) is 5.91 Å². The van der Waals surface area contributed by atoms with E-state index in [9.17, 15) is 4.79 Å². The molecule has 0 radical (unpaired) electrons. The van der Waals surface area contributed by atoms with E-state index in [1.54, 1.807) is 23.6 Å². The second-order valence-electron chi connectivity index (χ2n) is 3.56. The van der Waals surface area contributed by atoms with E-state index in [2.05, 4.69) is 10.3 Å². The number of pyridine rings is 1. The summed E-state index contributed by atoms with van der Waals surface area (Å²) in [7, 11) is 0. The summed E-state index contributed by atoms with van der Waals surface area (Å²) >= 11 is 1.57. The number of anilines is 1. The highest BCUT2D eigenvalue weighted by Gasteiger charge is 2.05. The van der Waals surface area contributed by atoms with Crippen molar-refractivity contribution in [2.24, 2.45) is 5.73 Å². The Morgan fingerprint density at radius 3 is 2.88 bits per heavy atom.